The number of carbonyl (C=O) groups excluding carboxylic acids is 3. The van der Waals surface area contributed by atoms with E-state index in [1.54, 1.807) is 42.8 Å². The Morgan fingerprint density at radius 3 is 2.44 bits per heavy atom. The van der Waals surface area contributed by atoms with Crippen molar-refractivity contribution in [2.24, 2.45) is 13.0 Å². The van der Waals surface area contributed by atoms with Gasteiger partial charge < -0.3 is 25.1 Å². The SMILES string of the molecule is CC[C@@H](C)[C@H](NC(=O)[C@H](C)NC(=O)c1cc2cc(Cl)ccc2n1C)C(=O)[O-]. The number of benzene rings is 1. The fourth-order valence-corrected chi connectivity index (χ4v) is 3.00. The van der Waals surface area contributed by atoms with Crippen LogP contribution in [0.1, 0.15) is 37.7 Å². The third kappa shape index (κ3) is 4.60. The summed E-state index contributed by atoms with van der Waals surface area (Å²) in [4.78, 5) is 36.1. The molecule has 0 spiro atoms. The summed E-state index contributed by atoms with van der Waals surface area (Å²) in [5.41, 5.74) is 1.20. The highest BCUT2D eigenvalue weighted by molar-refractivity contribution is 6.31. The van der Waals surface area contributed by atoms with Gasteiger partial charge in [0.15, 0.2) is 0 Å². The van der Waals surface area contributed by atoms with Crippen molar-refractivity contribution in [2.75, 3.05) is 0 Å². The number of nitrogens with zero attached hydrogens (tertiary/aromatic N) is 1. The number of halogens is 1. The molecule has 0 saturated carbocycles. The Morgan fingerprint density at radius 2 is 1.85 bits per heavy atom. The van der Waals surface area contributed by atoms with E-state index in [2.05, 4.69) is 10.6 Å². The first-order chi connectivity index (χ1) is 12.6. The van der Waals surface area contributed by atoms with Crippen LogP contribution in [0, 0.1) is 5.92 Å². The van der Waals surface area contributed by atoms with Gasteiger partial charge in [-0.2, -0.15) is 0 Å². The highest BCUT2D eigenvalue weighted by Crippen LogP contribution is 2.22. The second-order valence-electron chi connectivity index (χ2n) is 6.68. The van der Waals surface area contributed by atoms with Crippen molar-refractivity contribution in [1.29, 1.82) is 0 Å². The summed E-state index contributed by atoms with van der Waals surface area (Å²) in [7, 11) is 1.74. The molecule has 0 radical (unpaired) electrons. The van der Waals surface area contributed by atoms with Crippen molar-refractivity contribution < 1.29 is 19.5 Å². The zero-order chi connectivity index (χ0) is 20.3. The van der Waals surface area contributed by atoms with Gasteiger partial charge in [0.2, 0.25) is 5.91 Å². The number of carboxylic acids is 1. The van der Waals surface area contributed by atoms with Crippen LogP contribution in [-0.2, 0) is 16.6 Å². The molecular weight excluding hydrogens is 370 g/mol. The number of rotatable bonds is 7. The molecule has 0 aliphatic carbocycles. The van der Waals surface area contributed by atoms with Crippen molar-refractivity contribution in [2.45, 2.75) is 39.3 Å². The summed E-state index contributed by atoms with van der Waals surface area (Å²) in [6.07, 6.45) is 0.568. The van der Waals surface area contributed by atoms with E-state index in [0.717, 1.165) is 10.9 Å². The standard InChI is InChI=1S/C19H24ClN3O4/c1-5-10(2)16(19(26)27)22-17(24)11(3)21-18(25)15-9-12-8-13(20)6-7-14(12)23(15)4/h6-11,16H,5H2,1-4H3,(H,21,25)(H,22,24)(H,26,27)/p-1/t10-,11+,16+/m1/s1. The van der Waals surface area contributed by atoms with Crippen molar-refractivity contribution >= 4 is 40.3 Å². The molecule has 2 rings (SSSR count). The number of aryl methyl sites for hydroxylation is 1. The van der Waals surface area contributed by atoms with Crippen LogP contribution in [0.15, 0.2) is 24.3 Å². The first-order valence-corrected chi connectivity index (χ1v) is 9.10. The summed E-state index contributed by atoms with van der Waals surface area (Å²) in [6, 6.07) is 4.95. The van der Waals surface area contributed by atoms with Gasteiger partial charge >= 0.3 is 0 Å². The van der Waals surface area contributed by atoms with E-state index in [4.69, 9.17) is 11.6 Å². The number of fused-ring (bicyclic) bond motifs is 1. The van der Waals surface area contributed by atoms with E-state index in [1.807, 2.05) is 6.92 Å². The Labute approximate surface area is 162 Å². The molecule has 0 aliphatic rings. The Balaban J connectivity index is 2.12. The van der Waals surface area contributed by atoms with E-state index in [-0.39, 0.29) is 5.92 Å². The lowest BCUT2D eigenvalue weighted by molar-refractivity contribution is -0.309. The lowest BCUT2D eigenvalue weighted by Crippen LogP contribution is -2.55. The van der Waals surface area contributed by atoms with Crippen LogP contribution in [0.2, 0.25) is 5.02 Å². The molecule has 2 amide bonds. The number of aliphatic carboxylic acids is 1. The number of nitrogens with one attached hydrogen (secondary N) is 2. The summed E-state index contributed by atoms with van der Waals surface area (Å²) < 4.78 is 1.70. The largest absolute Gasteiger partial charge is 0.548 e. The van der Waals surface area contributed by atoms with Gasteiger partial charge in [-0.25, -0.2) is 0 Å². The van der Waals surface area contributed by atoms with Crippen molar-refractivity contribution in [3.8, 4) is 0 Å². The maximum atomic E-state index is 12.6. The predicted octanol–water partition coefficient (Wildman–Crippen LogP) is 1.23. The van der Waals surface area contributed by atoms with Crippen LogP contribution in [0.3, 0.4) is 0 Å². The van der Waals surface area contributed by atoms with Gasteiger partial charge in [0.05, 0.1) is 12.0 Å². The summed E-state index contributed by atoms with van der Waals surface area (Å²) in [5.74, 6) is -2.66. The summed E-state index contributed by atoms with van der Waals surface area (Å²) in [5, 5.41) is 17.6. The fourth-order valence-electron chi connectivity index (χ4n) is 2.82. The monoisotopic (exact) mass is 392 g/mol. The molecule has 2 aromatic rings. The molecule has 146 valence electrons. The molecule has 0 bridgehead atoms. The molecule has 0 aliphatic heterocycles. The topological polar surface area (TPSA) is 103 Å². The maximum Gasteiger partial charge on any atom is 0.268 e. The molecule has 27 heavy (non-hydrogen) atoms. The third-order valence-corrected chi connectivity index (χ3v) is 4.98. The van der Waals surface area contributed by atoms with E-state index in [0.29, 0.717) is 17.1 Å². The number of aromatic nitrogens is 1. The number of hydrogen-bond acceptors (Lipinski definition) is 4. The molecule has 0 fully saturated rings. The van der Waals surface area contributed by atoms with Gasteiger partial charge in [-0.3, -0.25) is 9.59 Å². The molecule has 0 unspecified atom stereocenters. The molecule has 3 atom stereocenters. The second-order valence-corrected chi connectivity index (χ2v) is 7.11. The van der Waals surface area contributed by atoms with Crippen molar-refractivity contribution in [3.63, 3.8) is 0 Å². The van der Waals surface area contributed by atoms with Crippen LogP contribution in [0.25, 0.3) is 10.9 Å². The van der Waals surface area contributed by atoms with E-state index < -0.39 is 29.9 Å². The van der Waals surface area contributed by atoms with Crippen LogP contribution in [-0.4, -0.2) is 34.4 Å². The van der Waals surface area contributed by atoms with E-state index in [1.165, 1.54) is 6.92 Å². The molecule has 1 heterocycles. The van der Waals surface area contributed by atoms with E-state index in [9.17, 15) is 19.5 Å². The zero-order valence-corrected chi connectivity index (χ0v) is 16.5. The minimum Gasteiger partial charge on any atom is -0.548 e. The number of hydrogen-bond donors (Lipinski definition) is 2. The fraction of sp³-hybridized carbons (Fsp3) is 0.421. The van der Waals surface area contributed by atoms with Gasteiger partial charge in [-0.15, -0.1) is 0 Å². The molecule has 0 saturated heterocycles. The maximum absolute atomic E-state index is 12.6. The molecule has 1 aromatic heterocycles. The van der Waals surface area contributed by atoms with Crippen LogP contribution in [0.5, 0.6) is 0 Å². The lowest BCUT2D eigenvalue weighted by atomic mass is 9.99. The molecule has 8 heteroatoms. The number of carboxylic acid groups (broad SMARTS) is 1. The quantitative estimate of drug-likeness (QED) is 0.739. The average Bonchev–Trinajstić information content (AvgIpc) is 2.94. The van der Waals surface area contributed by atoms with Gasteiger partial charge in [0.25, 0.3) is 5.91 Å². The van der Waals surface area contributed by atoms with Crippen LogP contribution >= 0.6 is 11.6 Å². The lowest BCUT2D eigenvalue weighted by Gasteiger charge is -2.26. The Morgan fingerprint density at radius 1 is 1.19 bits per heavy atom. The zero-order valence-electron chi connectivity index (χ0n) is 15.7. The van der Waals surface area contributed by atoms with Crippen LogP contribution < -0.4 is 15.7 Å². The number of amides is 2. The van der Waals surface area contributed by atoms with Crippen molar-refractivity contribution in [3.05, 3.63) is 35.0 Å². The van der Waals surface area contributed by atoms with Gasteiger partial charge in [0, 0.05) is 23.0 Å². The Bertz CT molecular complexity index is 877. The highest BCUT2D eigenvalue weighted by Gasteiger charge is 2.24. The predicted molar refractivity (Wildman–Crippen MR) is 101 cm³/mol. The van der Waals surface area contributed by atoms with Crippen LogP contribution in [0.4, 0.5) is 0 Å². The number of carbonyl (C=O) groups is 3. The Kier molecular flexibility index (Phi) is 6.49. The highest BCUT2D eigenvalue weighted by atomic mass is 35.5. The first kappa shape index (κ1) is 20.8. The second kappa shape index (κ2) is 8.43. The van der Waals surface area contributed by atoms with Gasteiger partial charge in [-0.1, -0.05) is 31.9 Å². The van der Waals surface area contributed by atoms with Gasteiger partial charge in [-0.05, 0) is 37.1 Å². The molecule has 1 aromatic carbocycles. The summed E-state index contributed by atoms with van der Waals surface area (Å²) >= 11 is 5.98. The Hall–Kier alpha value is -2.54. The average molecular weight is 393 g/mol. The molecule has 7 nitrogen and oxygen atoms in total. The minimum atomic E-state index is -1.35. The normalized spacial score (nSPS) is 14.4. The summed E-state index contributed by atoms with van der Waals surface area (Å²) in [6.45, 7) is 5.03. The minimum absolute atomic E-state index is 0.287. The third-order valence-electron chi connectivity index (χ3n) is 4.74. The van der Waals surface area contributed by atoms with Gasteiger partial charge in [0.1, 0.15) is 11.7 Å². The molecule has 2 N–H and O–H groups in total. The first-order valence-electron chi connectivity index (χ1n) is 8.72. The smallest absolute Gasteiger partial charge is 0.268 e. The van der Waals surface area contributed by atoms with Crippen molar-refractivity contribution in [1.82, 2.24) is 15.2 Å². The molecular formula is C19H23ClN3O4-. The van der Waals surface area contributed by atoms with E-state index >= 15 is 0 Å².